The van der Waals surface area contributed by atoms with Gasteiger partial charge in [0.05, 0.1) is 16.8 Å². The number of hydrogen-bond donors (Lipinski definition) is 0. The van der Waals surface area contributed by atoms with Crippen LogP contribution in [0.4, 0.5) is 4.32 Å². The molecule has 3 heterocycles. The quantitative estimate of drug-likeness (QED) is 0.150. The first-order valence-corrected chi connectivity index (χ1v) is 20.0. The minimum Gasteiger partial charge on any atom is -0.285 e. The lowest BCUT2D eigenvalue weighted by Gasteiger charge is -2.24. The fraction of sp³-hybridized carbons (Fsp3) is 0.151. The third-order valence-corrected chi connectivity index (χ3v) is 11.7. The molecule has 2 nitrogen and oxygen atoms in total. The van der Waals surface area contributed by atoms with Crippen LogP contribution in [-0.2, 0) is 5.41 Å². The molecule has 0 fully saturated rings. The van der Waals surface area contributed by atoms with Crippen molar-refractivity contribution in [3.8, 4) is 33.5 Å². The Kier molecular flexibility index (Phi) is 8.96. The number of aromatic nitrogens is 1. The van der Waals surface area contributed by atoms with Gasteiger partial charge >= 0.3 is 7.26 Å². The minimum absolute atomic E-state index is 0.0807. The zero-order valence-electron chi connectivity index (χ0n) is 33.9. The van der Waals surface area contributed by atoms with E-state index in [0.29, 0.717) is 0 Å². The molecule has 6 aromatic carbocycles. The van der Waals surface area contributed by atoms with E-state index in [1.807, 2.05) is 8.96 Å². The third-order valence-electron chi connectivity index (χ3n) is 11.7. The second-order valence-corrected chi connectivity index (χ2v) is 16.9. The van der Waals surface area contributed by atoms with Crippen molar-refractivity contribution in [3.63, 3.8) is 0 Å². The van der Waals surface area contributed by atoms with Gasteiger partial charge in [0.1, 0.15) is 0 Å². The Morgan fingerprint density at radius 3 is 1.42 bits per heavy atom. The number of allylic oxidation sites excluding steroid dienone is 2. The van der Waals surface area contributed by atoms with E-state index in [1.54, 1.807) is 0 Å². The molecular formula is C53H47BFN2+. The number of aryl methyl sites for hydroxylation is 4. The molecule has 0 saturated heterocycles. The van der Waals surface area contributed by atoms with Crippen molar-refractivity contribution in [2.24, 2.45) is 0 Å². The van der Waals surface area contributed by atoms with Crippen LogP contribution in [0.3, 0.4) is 0 Å². The highest BCUT2D eigenvalue weighted by Gasteiger charge is 2.54. The van der Waals surface area contributed by atoms with Gasteiger partial charge in [-0.1, -0.05) is 176 Å². The molecule has 57 heavy (non-hydrogen) atoms. The van der Waals surface area contributed by atoms with Crippen molar-refractivity contribution in [3.05, 3.63) is 214 Å². The van der Waals surface area contributed by atoms with Crippen molar-refractivity contribution >= 4 is 24.1 Å². The lowest BCUT2D eigenvalue weighted by atomic mass is 9.83. The van der Waals surface area contributed by atoms with E-state index in [9.17, 15) is 0 Å². The van der Waals surface area contributed by atoms with Crippen LogP contribution in [0.15, 0.2) is 163 Å². The average molecular weight is 742 g/mol. The van der Waals surface area contributed by atoms with Gasteiger partial charge in [-0.25, -0.2) is 8.80 Å². The van der Waals surface area contributed by atoms with Gasteiger partial charge in [0.25, 0.3) is 0 Å². The van der Waals surface area contributed by atoms with Crippen molar-refractivity contribution in [1.82, 2.24) is 4.48 Å². The highest BCUT2D eigenvalue weighted by molar-refractivity contribution is 6.46. The van der Waals surface area contributed by atoms with Gasteiger partial charge in [-0.15, -0.1) is 0 Å². The third kappa shape index (κ3) is 6.53. The van der Waals surface area contributed by atoms with Gasteiger partial charge in [-0.2, -0.15) is 0 Å². The summed E-state index contributed by atoms with van der Waals surface area (Å²) >= 11 is 0. The van der Waals surface area contributed by atoms with Gasteiger partial charge in [0, 0.05) is 22.9 Å². The van der Waals surface area contributed by atoms with Crippen LogP contribution >= 0.6 is 0 Å². The summed E-state index contributed by atoms with van der Waals surface area (Å²) in [6.07, 6.45) is 2.20. The zero-order valence-corrected chi connectivity index (χ0v) is 33.9. The highest BCUT2D eigenvalue weighted by atomic mass is 19.1. The standard InChI is InChI=1S/C53H47BFN2/c1-34-8-16-40(17-9-34)46-32-48(42-20-12-36(3)13-21-42)56-51(46)50(44-26-24-38(25-27-44)39-28-30-45(31-29-39)53(5,6)7)52-47(41-18-10-35(2)11-19-41)33-49(57(52)54(56)55)43-22-14-37(4)15-23-43/h8-33H,1-7H3/q+1. The van der Waals surface area contributed by atoms with E-state index in [2.05, 4.69) is 206 Å². The molecule has 0 unspecified atom stereocenters. The normalized spacial score (nSPS) is 13.9. The van der Waals surface area contributed by atoms with Gasteiger partial charge in [-0.05, 0) is 90.3 Å². The summed E-state index contributed by atoms with van der Waals surface area (Å²) in [6, 6.07) is 54.2. The molecule has 2 aliphatic rings. The van der Waals surface area contributed by atoms with E-state index < -0.39 is 7.26 Å². The Balaban J connectivity index is 1.36. The van der Waals surface area contributed by atoms with Crippen LogP contribution in [0.5, 0.6) is 0 Å². The second kappa shape index (κ2) is 14.0. The van der Waals surface area contributed by atoms with Gasteiger partial charge in [0.15, 0.2) is 5.71 Å². The molecule has 278 valence electrons. The predicted molar refractivity (Wildman–Crippen MR) is 238 cm³/mol. The van der Waals surface area contributed by atoms with Crippen molar-refractivity contribution in [2.45, 2.75) is 53.9 Å². The van der Waals surface area contributed by atoms with E-state index >= 15 is 4.32 Å². The lowest BCUT2D eigenvalue weighted by Crippen LogP contribution is -2.41. The van der Waals surface area contributed by atoms with Crippen LogP contribution in [0, 0.1) is 27.7 Å². The maximum absolute atomic E-state index is 18.4. The van der Waals surface area contributed by atoms with E-state index in [4.69, 9.17) is 0 Å². The number of halogens is 1. The second-order valence-electron chi connectivity index (χ2n) is 16.9. The summed E-state index contributed by atoms with van der Waals surface area (Å²) in [6.45, 7) is 15.1. The molecule has 0 atom stereocenters. The van der Waals surface area contributed by atoms with Crippen molar-refractivity contribution in [2.75, 3.05) is 0 Å². The Morgan fingerprint density at radius 2 is 0.912 bits per heavy atom. The van der Waals surface area contributed by atoms with E-state index in [1.165, 1.54) is 22.3 Å². The Morgan fingerprint density at radius 1 is 0.491 bits per heavy atom. The number of fused-ring (bicyclic) bond motifs is 2. The zero-order chi connectivity index (χ0) is 39.6. The Labute approximate surface area is 337 Å². The van der Waals surface area contributed by atoms with Crippen molar-refractivity contribution in [1.29, 1.82) is 0 Å². The SMILES string of the molecule is Cc1ccc(C2=CC(c3ccc(C)cc3)=[N+]3B(F)n4c(-c5ccc(C)cc5)cc(-c5ccc(C)cc5)c4C(c4ccc(-c5ccc(C(C)(C)C)cc5)cc4)=C23)cc1. The Bertz CT molecular complexity index is 2740. The van der Waals surface area contributed by atoms with Crippen LogP contribution in [-0.4, -0.2) is 21.9 Å². The topological polar surface area (TPSA) is 7.94 Å². The molecule has 2 aliphatic heterocycles. The fourth-order valence-corrected chi connectivity index (χ4v) is 8.30. The van der Waals surface area contributed by atoms with Gasteiger partial charge < -0.3 is 0 Å². The molecule has 9 rings (SSSR count). The molecule has 0 radical (unpaired) electrons. The number of hydrogen-bond acceptors (Lipinski definition) is 0. The number of rotatable bonds is 6. The maximum atomic E-state index is 18.4. The largest absolute Gasteiger partial charge is 0.847 e. The Hall–Kier alpha value is -6.26. The fourth-order valence-electron chi connectivity index (χ4n) is 8.30. The van der Waals surface area contributed by atoms with Gasteiger partial charge in [0.2, 0.25) is 5.70 Å². The van der Waals surface area contributed by atoms with Crippen LogP contribution in [0.1, 0.15) is 71.0 Å². The molecule has 0 saturated carbocycles. The maximum Gasteiger partial charge on any atom is 0.847 e. The molecule has 7 aromatic rings. The molecule has 0 amide bonds. The minimum atomic E-state index is -1.52. The van der Waals surface area contributed by atoms with Gasteiger partial charge in [-0.3, -0.25) is 4.48 Å². The van der Waals surface area contributed by atoms with Crippen LogP contribution in [0.2, 0.25) is 0 Å². The predicted octanol–water partition coefficient (Wildman–Crippen LogP) is 13.2. The number of benzene rings is 6. The molecule has 0 aliphatic carbocycles. The summed E-state index contributed by atoms with van der Waals surface area (Å²) in [4.78, 5) is 0. The summed E-state index contributed by atoms with van der Waals surface area (Å²) in [7, 11) is -1.52. The smallest absolute Gasteiger partial charge is 0.285 e. The molecule has 0 bridgehead atoms. The average Bonchev–Trinajstić information content (AvgIpc) is 3.80. The van der Waals surface area contributed by atoms with Crippen molar-refractivity contribution < 1.29 is 8.80 Å². The summed E-state index contributed by atoms with van der Waals surface area (Å²) in [5, 5.41) is 0. The molecule has 4 heteroatoms. The highest BCUT2D eigenvalue weighted by Crippen LogP contribution is 2.48. The summed E-state index contributed by atoms with van der Waals surface area (Å²) < 4.78 is 22.3. The molecular weight excluding hydrogens is 694 g/mol. The van der Waals surface area contributed by atoms with Crippen LogP contribution < -0.4 is 0 Å². The first kappa shape index (κ1) is 36.4. The summed E-state index contributed by atoms with van der Waals surface area (Å²) in [5.41, 5.74) is 19.9. The molecule has 1 aromatic heterocycles. The molecule has 0 N–H and O–H groups in total. The van der Waals surface area contributed by atoms with Crippen LogP contribution in [0.25, 0.3) is 44.7 Å². The number of nitrogens with zero attached hydrogens (tertiary/aromatic N) is 2. The van der Waals surface area contributed by atoms with E-state index in [0.717, 1.165) is 84.0 Å². The first-order valence-electron chi connectivity index (χ1n) is 20.0. The monoisotopic (exact) mass is 741 g/mol. The summed E-state index contributed by atoms with van der Waals surface area (Å²) in [5.74, 6) is 0. The molecule has 0 spiro atoms. The lowest BCUT2D eigenvalue weighted by molar-refractivity contribution is -0.332. The first-order chi connectivity index (χ1) is 27.4. The van der Waals surface area contributed by atoms with E-state index in [-0.39, 0.29) is 5.41 Å².